The van der Waals surface area contributed by atoms with Crippen molar-refractivity contribution >= 4 is 22.6 Å². The van der Waals surface area contributed by atoms with Crippen LogP contribution < -0.4 is 0 Å². The third-order valence-corrected chi connectivity index (χ3v) is 7.16. The summed E-state index contributed by atoms with van der Waals surface area (Å²) in [5.41, 5.74) is -0.426. The Kier molecular flexibility index (Phi) is 5.77. The van der Waals surface area contributed by atoms with Gasteiger partial charge in [0.25, 0.3) is 0 Å². The monoisotopic (exact) mass is 454 g/mol. The smallest absolute Gasteiger partial charge is 0.206 e. The summed E-state index contributed by atoms with van der Waals surface area (Å²) in [4.78, 5) is 0. The molecule has 0 aliphatic heterocycles. The molecule has 0 bridgehead atoms. The van der Waals surface area contributed by atoms with Gasteiger partial charge in [-0.3, -0.25) is 0 Å². The van der Waals surface area contributed by atoms with E-state index in [2.05, 4.69) is 22.6 Å². The van der Waals surface area contributed by atoms with Crippen LogP contribution in [0.3, 0.4) is 0 Å². The summed E-state index contributed by atoms with van der Waals surface area (Å²) < 4.78 is 52.6. The van der Waals surface area contributed by atoms with Crippen molar-refractivity contribution in [1.29, 1.82) is 0 Å². The Labute approximate surface area is 154 Å². The van der Waals surface area contributed by atoms with Crippen molar-refractivity contribution in [2.75, 3.05) is 0 Å². The number of rotatable bonds is 2. The van der Waals surface area contributed by atoms with Crippen LogP contribution in [0.5, 0.6) is 0 Å². The Bertz CT molecular complexity index is 553. The summed E-state index contributed by atoms with van der Waals surface area (Å²) in [6.45, 7) is 0. The first-order valence-corrected chi connectivity index (χ1v) is 10.1. The van der Waals surface area contributed by atoms with Gasteiger partial charge in [0.1, 0.15) is 5.82 Å². The third kappa shape index (κ3) is 4.25. The lowest BCUT2D eigenvalue weighted by Gasteiger charge is -2.37. The second kappa shape index (κ2) is 7.50. The molecule has 0 nitrogen and oxygen atoms in total. The highest BCUT2D eigenvalue weighted by molar-refractivity contribution is 14.1. The Morgan fingerprint density at radius 1 is 0.833 bits per heavy atom. The van der Waals surface area contributed by atoms with Gasteiger partial charge < -0.3 is 0 Å². The minimum absolute atomic E-state index is 0.207. The lowest BCUT2D eigenvalue weighted by Crippen LogP contribution is -2.25. The molecule has 2 saturated carbocycles. The Hall–Kier alpha value is -0.330. The predicted octanol–water partition coefficient (Wildman–Crippen LogP) is 7.11. The largest absolute Gasteiger partial charge is 0.419 e. The summed E-state index contributed by atoms with van der Waals surface area (Å²) in [5, 5.41) is 0. The molecule has 0 atom stereocenters. The zero-order valence-electron chi connectivity index (χ0n) is 13.6. The quantitative estimate of drug-likeness (QED) is 0.254. The predicted molar refractivity (Wildman–Crippen MR) is 95.9 cm³/mol. The maximum Gasteiger partial charge on any atom is 0.419 e. The molecule has 0 spiro atoms. The summed E-state index contributed by atoms with van der Waals surface area (Å²) in [6.07, 6.45) is 4.85. The van der Waals surface area contributed by atoms with Crippen molar-refractivity contribution in [2.45, 2.75) is 67.4 Å². The molecule has 0 N–H and O–H groups in total. The fourth-order valence-corrected chi connectivity index (χ4v) is 5.21. The summed E-state index contributed by atoms with van der Waals surface area (Å²) in [6, 6.07) is 3.48. The van der Waals surface area contributed by atoms with E-state index in [9.17, 15) is 17.6 Å². The number of benzene rings is 1. The van der Waals surface area contributed by atoms with Gasteiger partial charge in [-0.25, -0.2) is 4.39 Å². The van der Waals surface area contributed by atoms with Gasteiger partial charge in [0.2, 0.25) is 0 Å². The minimum Gasteiger partial charge on any atom is -0.206 e. The van der Waals surface area contributed by atoms with Gasteiger partial charge in [0.15, 0.2) is 0 Å². The van der Waals surface area contributed by atoms with Crippen molar-refractivity contribution in [3.05, 3.63) is 35.1 Å². The van der Waals surface area contributed by atoms with E-state index >= 15 is 0 Å². The molecule has 0 radical (unpaired) electrons. The van der Waals surface area contributed by atoms with Crippen LogP contribution in [0, 0.1) is 17.7 Å². The van der Waals surface area contributed by atoms with Gasteiger partial charge in [0.05, 0.1) is 5.56 Å². The van der Waals surface area contributed by atoms with Crippen molar-refractivity contribution in [2.24, 2.45) is 11.8 Å². The van der Waals surface area contributed by atoms with Gasteiger partial charge in [-0.2, -0.15) is 13.2 Å². The fraction of sp³-hybridized carbons (Fsp3) is 0.684. The molecule has 0 heterocycles. The van der Waals surface area contributed by atoms with Crippen molar-refractivity contribution < 1.29 is 17.6 Å². The van der Waals surface area contributed by atoms with E-state index in [1.807, 2.05) is 0 Å². The number of alkyl halides is 4. The fourth-order valence-electron chi connectivity index (χ4n) is 4.49. The minimum atomic E-state index is -4.61. The van der Waals surface area contributed by atoms with Gasteiger partial charge >= 0.3 is 6.18 Å². The molecule has 2 aliphatic carbocycles. The first kappa shape index (κ1) is 18.5. The zero-order chi connectivity index (χ0) is 17.3. The summed E-state index contributed by atoms with van der Waals surface area (Å²) in [5.74, 6) is 0.646. The van der Waals surface area contributed by atoms with E-state index in [4.69, 9.17) is 0 Å². The molecule has 0 unspecified atom stereocenters. The maximum absolute atomic E-state index is 13.8. The molecule has 0 saturated heterocycles. The van der Waals surface area contributed by atoms with Crippen LogP contribution in [-0.4, -0.2) is 3.92 Å². The lowest BCUT2D eigenvalue weighted by molar-refractivity contribution is -0.140. The average molecular weight is 454 g/mol. The average Bonchev–Trinajstić information content (AvgIpc) is 2.54. The van der Waals surface area contributed by atoms with E-state index in [1.165, 1.54) is 31.7 Å². The lowest BCUT2D eigenvalue weighted by atomic mass is 9.70. The normalized spacial score (nSPS) is 31.9. The molecule has 0 aromatic heterocycles. The second-order valence-corrected chi connectivity index (χ2v) is 9.12. The third-order valence-electron chi connectivity index (χ3n) is 5.91. The number of hydrogen-bond donors (Lipinski definition) is 0. The topological polar surface area (TPSA) is 0 Å². The van der Waals surface area contributed by atoms with E-state index in [0.717, 1.165) is 59.1 Å². The summed E-state index contributed by atoms with van der Waals surface area (Å²) in [7, 11) is 0. The number of halogens is 5. The van der Waals surface area contributed by atoms with Crippen LogP contribution in [0.1, 0.15) is 68.4 Å². The van der Waals surface area contributed by atoms with Gasteiger partial charge in [-0.05, 0) is 86.8 Å². The molecule has 134 valence electrons. The highest BCUT2D eigenvalue weighted by Gasteiger charge is 2.35. The Balaban J connectivity index is 1.60. The Morgan fingerprint density at radius 2 is 1.38 bits per heavy atom. The molecular weight excluding hydrogens is 431 g/mol. The van der Waals surface area contributed by atoms with Crippen LogP contribution in [0.4, 0.5) is 17.6 Å². The van der Waals surface area contributed by atoms with Crippen LogP contribution in [-0.2, 0) is 6.18 Å². The van der Waals surface area contributed by atoms with Crippen molar-refractivity contribution in [1.82, 2.24) is 0 Å². The molecule has 2 aliphatic rings. The molecule has 1 aromatic rings. The molecule has 24 heavy (non-hydrogen) atoms. The van der Waals surface area contributed by atoms with Crippen LogP contribution in [0.2, 0.25) is 0 Å². The first-order chi connectivity index (χ1) is 11.3. The highest BCUT2D eigenvalue weighted by Crippen LogP contribution is 2.44. The van der Waals surface area contributed by atoms with Gasteiger partial charge in [0, 0.05) is 3.92 Å². The number of hydrogen-bond acceptors (Lipinski definition) is 0. The van der Waals surface area contributed by atoms with E-state index < -0.39 is 17.6 Å². The standard InChI is InChI=1S/C19H23F4I/c20-18-11-15(7-10-17(18)19(21,22)23)14-3-1-12(2-4-14)13-5-8-16(24)9-6-13/h7,10-14,16H,1-6,8-9H2. The van der Waals surface area contributed by atoms with E-state index in [-0.39, 0.29) is 5.92 Å². The Morgan fingerprint density at radius 3 is 1.88 bits per heavy atom. The molecule has 5 heteroatoms. The molecule has 1 aromatic carbocycles. The van der Waals surface area contributed by atoms with Crippen LogP contribution in [0.15, 0.2) is 18.2 Å². The van der Waals surface area contributed by atoms with Crippen LogP contribution in [0.25, 0.3) is 0 Å². The second-order valence-electron chi connectivity index (χ2n) is 7.36. The molecule has 3 rings (SSSR count). The highest BCUT2D eigenvalue weighted by atomic mass is 127. The molecule has 2 fully saturated rings. The molecular formula is C19H23F4I. The van der Waals surface area contributed by atoms with Crippen LogP contribution >= 0.6 is 22.6 Å². The molecule has 0 amide bonds. The summed E-state index contributed by atoms with van der Waals surface area (Å²) >= 11 is 2.54. The van der Waals surface area contributed by atoms with Gasteiger partial charge in [-0.15, -0.1) is 0 Å². The maximum atomic E-state index is 13.8. The SMILES string of the molecule is Fc1cc(C2CCC(C3CCC(I)CC3)CC2)ccc1C(F)(F)F. The van der Waals surface area contributed by atoms with Crippen molar-refractivity contribution in [3.8, 4) is 0 Å². The first-order valence-electron chi connectivity index (χ1n) is 8.85. The van der Waals surface area contributed by atoms with E-state index in [0.29, 0.717) is 0 Å². The zero-order valence-corrected chi connectivity index (χ0v) is 15.7. The van der Waals surface area contributed by atoms with Crippen molar-refractivity contribution in [3.63, 3.8) is 0 Å². The van der Waals surface area contributed by atoms with E-state index in [1.54, 1.807) is 0 Å². The van der Waals surface area contributed by atoms with Gasteiger partial charge in [-0.1, -0.05) is 28.7 Å².